The van der Waals surface area contributed by atoms with Crippen LogP contribution in [0.2, 0.25) is 0 Å². The van der Waals surface area contributed by atoms with E-state index in [0.717, 1.165) is 36.1 Å². The number of aromatic nitrogens is 1. The Labute approximate surface area is 208 Å². The molecule has 2 aromatic rings. The summed E-state index contributed by atoms with van der Waals surface area (Å²) in [6, 6.07) is 5.92. The third-order valence-corrected chi connectivity index (χ3v) is 9.16. The van der Waals surface area contributed by atoms with E-state index >= 15 is 0 Å². The van der Waals surface area contributed by atoms with Crippen LogP contribution in [0.25, 0.3) is 0 Å². The number of sulfonamides is 1. The second kappa shape index (κ2) is 10.1. The molecule has 9 heteroatoms. The van der Waals surface area contributed by atoms with Crippen LogP contribution in [-0.4, -0.2) is 60.6 Å². The minimum absolute atomic E-state index is 0.0818. The second-order valence-corrected chi connectivity index (χ2v) is 11.9. The molecule has 4 rings (SSSR count). The zero-order valence-corrected chi connectivity index (χ0v) is 21.9. The molecule has 0 unspecified atom stereocenters. The predicted octanol–water partition coefficient (Wildman–Crippen LogP) is 3.91. The molecule has 2 aliphatic rings. The Morgan fingerprint density at radius 3 is 2.09 bits per heavy atom. The number of aryl methyl sites for hydroxylation is 4. The van der Waals surface area contributed by atoms with Crippen molar-refractivity contribution in [1.82, 2.24) is 14.2 Å². The number of hydrogen-bond acceptors (Lipinski definition) is 4. The number of nitrogens with one attached hydrogen (secondary N) is 2. The van der Waals surface area contributed by atoms with Crippen molar-refractivity contribution in [2.45, 2.75) is 64.7 Å². The average molecular weight is 501 g/mol. The van der Waals surface area contributed by atoms with E-state index in [0.29, 0.717) is 37.3 Å². The van der Waals surface area contributed by atoms with Gasteiger partial charge in [0, 0.05) is 49.2 Å². The minimum atomic E-state index is -3.88. The highest BCUT2D eigenvalue weighted by atomic mass is 32.2. The van der Waals surface area contributed by atoms with Crippen LogP contribution in [-0.2, 0) is 14.8 Å². The number of benzene rings is 1. The molecule has 8 nitrogen and oxygen atoms in total. The van der Waals surface area contributed by atoms with Crippen LogP contribution in [0.3, 0.4) is 0 Å². The molecule has 0 radical (unpaired) electrons. The van der Waals surface area contributed by atoms with Crippen LogP contribution in [0.1, 0.15) is 65.0 Å². The number of anilines is 1. The summed E-state index contributed by atoms with van der Waals surface area (Å²) in [5.41, 5.74) is 4.25. The molecule has 190 valence electrons. The van der Waals surface area contributed by atoms with Crippen LogP contribution in [0, 0.1) is 33.6 Å². The number of carbonyl (C=O) groups excluding carboxylic acids is 2. The molecule has 2 amide bonds. The maximum Gasteiger partial charge on any atom is 0.257 e. The molecular formula is C26H36N4O4S. The van der Waals surface area contributed by atoms with Gasteiger partial charge in [0.15, 0.2) is 0 Å². The summed E-state index contributed by atoms with van der Waals surface area (Å²) in [6.07, 6.45) is 3.84. The van der Waals surface area contributed by atoms with Gasteiger partial charge in [-0.3, -0.25) is 9.59 Å². The zero-order valence-electron chi connectivity index (χ0n) is 21.1. The number of piperidine rings is 2. The summed E-state index contributed by atoms with van der Waals surface area (Å²) in [6.45, 7) is 9.24. The molecular weight excluding hydrogens is 464 g/mol. The highest BCUT2D eigenvalue weighted by Crippen LogP contribution is 2.31. The predicted molar refractivity (Wildman–Crippen MR) is 136 cm³/mol. The van der Waals surface area contributed by atoms with Crippen LogP contribution in [0.5, 0.6) is 0 Å². The highest BCUT2D eigenvalue weighted by Gasteiger charge is 2.38. The van der Waals surface area contributed by atoms with Gasteiger partial charge in [-0.05, 0) is 83.1 Å². The summed E-state index contributed by atoms with van der Waals surface area (Å²) >= 11 is 0. The Morgan fingerprint density at radius 2 is 1.49 bits per heavy atom. The first-order valence-electron chi connectivity index (χ1n) is 12.5. The smallest absolute Gasteiger partial charge is 0.257 e. The molecule has 2 N–H and O–H groups in total. The van der Waals surface area contributed by atoms with E-state index in [1.165, 1.54) is 4.31 Å². The van der Waals surface area contributed by atoms with Crippen molar-refractivity contribution in [2.75, 3.05) is 31.5 Å². The van der Waals surface area contributed by atoms with E-state index in [-0.39, 0.29) is 41.3 Å². The van der Waals surface area contributed by atoms with Gasteiger partial charge >= 0.3 is 0 Å². The molecule has 1 aromatic carbocycles. The van der Waals surface area contributed by atoms with Crippen molar-refractivity contribution >= 4 is 27.5 Å². The SMILES string of the molecule is Cc1cc(C)cc(NC(=O)C2CCN(S(=O)(=O)c3c(C)[nH]c(C)c3C(=O)N3CCCCC3)CC2)c1. The van der Waals surface area contributed by atoms with Crippen molar-refractivity contribution in [3.8, 4) is 0 Å². The number of amides is 2. The quantitative estimate of drug-likeness (QED) is 0.650. The minimum Gasteiger partial charge on any atom is -0.361 e. The molecule has 1 aromatic heterocycles. The lowest BCUT2D eigenvalue weighted by atomic mass is 9.97. The molecule has 2 fully saturated rings. The number of nitrogens with zero attached hydrogens (tertiary/aromatic N) is 2. The van der Waals surface area contributed by atoms with Crippen LogP contribution < -0.4 is 5.32 Å². The Balaban J connectivity index is 1.48. The van der Waals surface area contributed by atoms with Gasteiger partial charge in [0.05, 0.1) is 5.56 Å². The number of carbonyl (C=O) groups is 2. The summed E-state index contributed by atoms with van der Waals surface area (Å²) < 4.78 is 28.8. The van der Waals surface area contributed by atoms with E-state index in [2.05, 4.69) is 10.3 Å². The van der Waals surface area contributed by atoms with Gasteiger partial charge in [0.1, 0.15) is 4.90 Å². The van der Waals surface area contributed by atoms with Crippen LogP contribution in [0.4, 0.5) is 5.69 Å². The van der Waals surface area contributed by atoms with Gasteiger partial charge in [0.2, 0.25) is 15.9 Å². The van der Waals surface area contributed by atoms with E-state index < -0.39 is 10.0 Å². The fraction of sp³-hybridized carbons (Fsp3) is 0.538. The summed E-state index contributed by atoms with van der Waals surface area (Å²) in [5, 5.41) is 2.99. The van der Waals surface area contributed by atoms with Gasteiger partial charge in [-0.25, -0.2) is 8.42 Å². The molecule has 2 saturated heterocycles. The lowest BCUT2D eigenvalue weighted by Gasteiger charge is -2.31. The van der Waals surface area contributed by atoms with Crippen LogP contribution in [0.15, 0.2) is 23.1 Å². The van der Waals surface area contributed by atoms with Gasteiger partial charge in [0.25, 0.3) is 5.91 Å². The Hall–Kier alpha value is -2.65. The van der Waals surface area contributed by atoms with Gasteiger partial charge in [-0.1, -0.05) is 6.07 Å². The Kier molecular flexibility index (Phi) is 7.38. The molecule has 2 aliphatic heterocycles. The Bertz CT molecular complexity index is 1200. The molecule has 0 saturated carbocycles. The summed E-state index contributed by atoms with van der Waals surface area (Å²) in [7, 11) is -3.88. The molecule has 3 heterocycles. The maximum absolute atomic E-state index is 13.7. The van der Waals surface area contributed by atoms with Gasteiger partial charge in [-0.2, -0.15) is 4.31 Å². The fourth-order valence-corrected chi connectivity index (χ4v) is 7.26. The van der Waals surface area contributed by atoms with E-state index in [9.17, 15) is 18.0 Å². The second-order valence-electron chi connectivity index (χ2n) is 9.98. The first-order valence-corrected chi connectivity index (χ1v) is 13.9. The first kappa shape index (κ1) is 25.4. The zero-order chi connectivity index (χ0) is 25.3. The summed E-state index contributed by atoms with van der Waals surface area (Å²) in [5.74, 6) is -0.555. The topological polar surface area (TPSA) is 103 Å². The number of rotatable bonds is 5. The lowest BCUT2D eigenvalue weighted by Crippen LogP contribution is -2.42. The lowest BCUT2D eigenvalue weighted by molar-refractivity contribution is -0.120. The van der Waals surface area contributed by atoms with E-state index in [1.807, 2.05) is 32.0 Å². The molecule has 0 spiro atoms. The molecule has 0 atom stereocenters. The van der Waals surface area contributed by atoms with Crippen LogP contribution >= 0.6 is 0 Å². The van der Waals surface area contributed by atoms with Crippen molar-refractivity contribution in [3.63, 3.8) is 0 Å². The molecule has 0 aliphatic carbocycles. The Morgan fingerprint density at radius 1 is 0.886 bits per heavy atom. The van der Waals surface area contributed by atoms with Crippen molar-refractivity contribution in [3.05, 3.63) is 46.3 Å². The van der Waals surface area contributed by atoms with E-state index in [4.69, 9.17) is 0 Å². The third-order valence-electron chi connectivity index (χ3n) is 7.09. The largest absolute Gasteiger partial charge is 0.361 e. The van der Waals surface area contributed by atoms with Gasteiger partial charge in [-0.15, -0.1) is 0 Å². The third kappa shape index (κ3) is 5.30. The highest BCUT2D eigenvalue weighted by molar-refractivity contribution is 7.89. The number of H-pyrrole nitrogens is 1. The fourth-order valence-electron chi connectivity index (χ4n) is 5.37. The van der Waals surface area contributed by atoms with Gasteiger partial charge < -0.3 is 15.2 Å². The standard InChI is InChI=1S/C26H36N4O4S/c1-17-14-18(2)16-22(15-17)28-25(31)21-8-12-30(13-9-21)35(33,34)24-20(4)27-19(3)23(24)26(32)29-10-6-5-7-11-29/h14-16,21,27H,5-13H2,1-4H3,(H,28,31). The number of likely N-dealkylation sites (tertiary alicyclic amines) is 1. The number of aromatic amines is 1. The van der Waals surface area contributed by atoms with Crippen molar-refractivity contribution in [1.29, 1.82) is 0 Å². The maximum atomic E-state index is 13.7. The van der Waals surface area contributed by atoms with Crippen molar-refractivity contribution in [2.24, 2.45) is 5.92 Å². The van der Waals surface area contributed by atoms with E-state index in [1.54, 1.807) is 18.7 Å². The molecule has 35 heavy (non-hydrogen) atoms. The molecule has 0 bridgehead atoms. The number of hydrogen-bond donors (Lipinski definition) is 2. The monoisotopic (exact) mass is 500 g/mol. The normalized spacial score (nSPS) is 18.0. The first-order chi connectivity index (χ1) is 16.6. The van der Waals surface area contributed by atoms with Crippen molar-refractivity contribution < 1.29 is 18.0 Å². The average Bonchev–Trinajstić information content (AvgIpc) is 3.12. The summed E-state index contributed by atoms with van der Waals surface area (Å²) in [4.78, 5) is 31.1.